The van der Waals surface area contributed by atoms with Crippen LogP contribution in [0.3, 0.4) is 0 Å². The molecular formula is C18H17Cl3N2O3S. The molecule has 0 heterocycles. The summed E-state index contributed by atoms with van der Waals surface area (Å²) in [6, 6.07) is 11.0. The van der Waals surface area contributed by atoms with E-state index in [9.17, 15) is 8.42 Å². The maximum absolute atomic E-state index is 12.8. The summed E-state index contributed by atoms with van der Waals surface area (Å²) >= 11 is 18.0. The van der Waals surface area contributed by atoms with Crippen LogP contribution in [0, 0.1) is 0 Å². The van der Waals surface area contributed by atoms with Crippen LogP contribution < -0.4 is 0 Å². The first-order chi connectivity index (χ1) is 12.7. The summed E-state index contributed by atoms with van der Waals surface area (Å²) in [5, 5.41) is 5.09. The standard InChI is InChI=1S/C18H17Cl3N2O3S/c1-23(2)11-15(27(24,25)14-8-6-13(19)7-9-14)10-22-26-12-16-17(20)4-3-5-18(16)21/h3-11H,12H2,1-2H3/b15-11+,22-10+. The maximum atomic E-state index is 12.8. The third kappa shape index (κ3) is 5.87. The molecule has 0 saturated carbocycles. The molecule has 0 unspecified atom stereocenters. The fourth-order valence-corrected chi connectivity index (χ4v) is 3.97. The molecule has 0 N–H and O–H groups in total. The summed E-state index contributed by atoms with van der Waals surface area (Å²) in [7, 11) is -0.387. The van der Waals surface area contributed by atoms with Crippen LogP contribution in [0.15, 0.2) is 63.6 Å². The van der Waals surface area contributed by atoms with Crippen LogP contribution in [-0.2, 0) is 21.3 Å². The number of benzene rings is 2. The van der Waals surface area contributed by atoms with Crippen molar-refractivity contribution in [3.8, 4) is 0 Å². The topological polar surface area (TPSA) is 59.0 Å². The van der Waals surface area contributed by atoms with Gasteiger partial charge in [0.1, 0.15) is 11.5 Å². The molecule has 9 heteroatoms. The third-order valence-corrected chi connectivity index (χ3v) is 6.03. The minimum absolute atomic E-state index is 0.00520. The van der Waals surface area contributed by atoms with Gasteiger partial charge in [-0.3, -0.25) is 0 Å². The first-order valence-corrected chi connectivity index (χ1v) is 10.3. The number of rotatable bonds is 7. The van der Waals surface area contributed by atoms with Crippen molar-refractivity contribution in [2.75, 3.05) is 14.1 Å². The van der Waals surface area contributed by atoms with E-state index in [1.165, 1.54) is 30.5 Å². The fraction of sp³-hybridized carbons (Fsp3) is 0.167. The molecule has 2 aromatic carbocycles. The smallest absolute Gasteiger partial charge is 0.209 e. The molecule has 0 aromatic heterocycles. The number of hydrogen-bond donors (Lipinski definition) is 0. The lowest BCUT2D eigenvalue weighted by atomic mass is 10.2. The van der Waals surface area contributed by atoms with Crippen molar-refractivity contribution in [2.24, 2.45) is 5.16 Å². The average molecular weight is 448 g/mol. The lowest BCUT2D eigenvalue weighted by Gasteiger charge is -2.10. The molecule has 0 spiro atoms. The summed E-state index contributed by atoms with van der Waals surface area (Å²) in [6.07, 6.45) is 2.56. The van der Waals surface area contributed by atoms with Crippen LogP contribution in [0.1, 0.15) is 5.56 Å². The van der Waals surface area contributed by atoms with Gasteiger partial charge < -0.3 is 9.74 Å². The number of hydrogen-bond acceptors (Lipinski definition) is 5. The van der Waals surface area contributed by atoms with E-state index in [1.54, 1.807) is 37.2 Å². The van der Waals surface area contributed by atoms with Crippen LogP contribution in [0.25, 0.3) is 0 Å². The highest BCUT2D eigenvalue weighted by Crippen LogP contribution is 2.25. The summed E-state index contributed by atoms with van der Waals surface area (Å²) < 4.78 is 25.6. The highest BCUT2D eigenvalue weighted by molar-refractivity contribution is 7.96. The Morgan fingerprint density at radius 3 is 2.22 bits per heavy atom. The van der Waals surface area contributed by atoms with Gasteiger partial charge in [0.25, 0.3) is 0 Å². The zero-order valence-electron chi connectivity index (χ0n) is 14.6. The van der Waals surface area contributed by atoms with E-state index in [0.717, 1.165) is 6.21 Å². The Hall–Kier alpha value is -1.73. The SMILES string of the molecule is CN(C)/C=C(\C=N\OCc1c(Cl)cccc1Cl)S(=O)(=O)c1ccc(Cl)cc1. The van der Waals surface area contributed by atoms with Crippen molar-refractivity contribution >= 4 is 50.9 Å². The summed E-state index contributed by atoms with van der Waals surface area (Å²) in [5.41, 5.74) is 0.566. The van der Waals surface area contributed by atoms with Crippen LogP contribution in [0.4, 0.5) is 0 Å². The van der Waals surface area contributed by atoms with Crippen LogP contribution >= 0.6 is 34.8 Å². The van der Waals surface area contributed by atoms with Crippen molar-refractivity contribution in [3.05, 3.63) is 74.2 Å². The van der Waals surface area contributed by atoms with Gasteiger partial charge in [-0.25, -0.2) is 8.42 Å². The summed E-state index contributed by atoms with van der Waals surface area (Å²) in [6.45, 7) is 0.00520. The third-order valence-electron chi connectivity index (χ3n) is 3.34. The lowest BCUT2D eigenvalue weighted by molar-refractivity contribution is 0.132. The molecule has 0 bridgehead atoms. The highest BCUT2D eigenvalue weighted by Gasteiger charge is 2.20. The molecule has 2 aromatic rings. The molecular weight excluding hydrogens is 431 g/mol. The lowest BCUT2D eigenvalue weighted by Crippen LogP contribution is -2.12. The normalized spacial score (nSPS) is 12.4. The minimum Gasteiger partial charge on any atom is -0.391 e. The van der Waals surface area contributed by atoms with Crippen LogP contribution in [0.2, 0.25) is 15.1 Å². The molecule has 0 aliphatic rings. The number of nitrogens with zero attached hydrogens (tertiary/aromatic N) is 2. The van der Waals surface area contributed by atoms with E-state index in [0.29, 0.717) is 20.6 Å². The number of allylic oxidation sites excluding steroid dienone is 1. The van der Waals surface area contributed by atoms with Gasteiger partial charge >= 0.3 is 0 Å². The van der Waals surface area contributed by atoms with E-state index < -0.39 is 9.84 Å². The molecule has 2 rings (SSSR count). The van der Waals surface area contributed by atoms with Crippen LogP contribution in [-0.4, -0.2) is 33.6 Å². The zero-order valence-corrected chi connectivity index (χ0v) is 17.6. The van der Waals surface area contributed by atoms with Gasteiger partial charge in [-0.2, -0.15) is 0 Å². The van der Waals surface area contributed by atoms with E-state index in [4.69, 9.17) is 39.6 Å². The summed E-state index contributed by atoms with van der Waals surface area (Å²) in [4.78, 5) is 6.85. The molecule has 5 nitrogen and oxygen atoms in total. The van der Waals surface area contributed by atoms with Gasteiger partial charge in [0.15, 0.2) is 0 Å². The molecule has 0 amide bonds. The van der Waals surface area contributed by atoms with Gasteiger partial charge in [-0.1, -0.05) is 46.0 Å². The Balaban J connectivity index is 2.22. The Morgan fingerprint density at radius 2 is 1.67 bits per heavy atom. The van der Waals surface area contributed by atoms with Gasteiger partial charge in [0, 0.05) is 40.9 Å². The molecule has 0 fully saturated rings. The van der Waals surface area contributed by atoms with Gasteiger partial charge in [-0.15, -0.1) is 0 Å². The predicted molar refractivity (Wildman–Crippen MR) is 110 cm³/mol. The van der Waals surface area contributed by atoms with E-state index in [1.807, 2.05) is 0 Å². The Kier molecular flexibility index (Phi) is 7.56. The quantitative estimate of drug-likeness (QED) is 0.441. The molecule has 0 aliphatic carbocycles. The number of oxime groups is 1. The van der Waals surface area contributed by atoms with Crippen molar-refractivity contribution in [3.63, 3.8) is 0 Å². The monoisotopic (exact) mass is 446 g/mol. The van der Waals surface area contributed by atoms with Crippen molar-refractivity contribution in [2.45, 2.75) is 11.5 Å². The van der Waals surface area contributed by atoms with Crippen molar-refractivity contribution in [1.82, 2.24) is 4.90 Å². The number of sulfone groups is 1. The van der Waals surface area contributed by atoms with E-state index in [-0.39, 0.29) is 16.4 Å². The Morgan fingerprint density at radius 1 is 1.07 bits per heavy atom. The molecule has 144 valence electrons. The Bertz CT molecular complexity index is 936. The second kappa shape index (κ2) is 9.46. The first kappa shape index (κ1) is 21.6. The minimum atomic E-state index is -3.79. The zero-order chi connectivity index (χ0) is 20.0. The van der Waals surface area contributed by atoms with Crippen LogP contribution in [0.5, 0.6) is 0 Å². The van der Waals surface area contributed by atoms with E-state index in [2.05, 4.69) is 5.16 Å². The number of halogens is 3. The molecule has 27 heavy (non-hydrogen) atoms. The van der Waals surface area contributed by atoms with E-state index >= 15 is 0 Å². The van der Waals surface area contributed by atoms with Crippen molar-refractivity contribution < 1.29 is 13.3 Å². The first-order valence-electron chi connectivity index (χ1n) is 7.69. The Labute approximate surface area is 173 Å². The fourth-order valence-electron chi connectivity index (χ4n) is 2.04. The summed E-state index contributed by atoms with van der Waals surface area (Å²) in [5.74, 6) is 0. The molecule has 0 radical (unpaired) electrons. The van der Waals surface area contributed by atoms with Gasteiger partial charge in [0.2, 0.25) is 9.84 Å². The largest absolute Gasteiger partial charge is 0.391 e. The maximum Gasteiger partial charge on any atom is 0.209 e. The van der Waals surface area contributed by atoms with Gasteiger partial charge in [0.05, 0.1) is 11.1 Å². The second-order valence-electron chi connectivity index (χ2n) is 5.66. The highest BCUT2D eigenvalue weighted by atomic mass is 35.5. The molecule has 0 atom stereocenters. The predicted octanol–water partition coefficient (Wildman–Crippen LogP) is 5.03. The molecule has 0 saturated heterocycles. The van der Waals surface area contributed by atoms with Gasteiger partial charge in [-0.05, 0) is 36.4 Å². The van der Waals surface area contributed by atoms with Crippen molar-refractivity contribution in [1.29, 1.82) is 0 Å². The average Bonchev–Trinajstić information content (AvgIpc) is 2.59. The second-order valence-corrected chi connectivity index (χ2v) is 8.86. The molecule has 0 aliphatic heterocycles.